The van der Waals surface area contributed by atoms with Crippen LogP contribution in [-0.4, -0.2) is 28.2 Å². The molecule has 0 radical (unpaired) electrons. The lowest BCUT2D eigenvalue weighted by molar-refractivity contribution is -0.135. The lowest BCUT2D eigenvalue weighted by Crippen LogP contribution is -2.41. The van der Waals surface area contributed by atoms with Gasteiger partial charge in [-0.1, -0.05) is 12.1 Å². The smallest absolute Gasteiger partial charge is 0.337 e. The minimum absolute atomic E-state index is 0.187. The molecule has 28 heavy (non-hydrogen) atoms. The Kier molecular flexibility index (Phi) is 5.39. The quantitative estimate of drug-likeness (QED) is 0.491. The van der Waals surface area contributed by atoms with Crippen LogP contribution in [0.4, 0.5) is 0 Å². The third kappa shape index (κ3) is 3.57. The molecule has 8 heteroatoms. The van der Waals surface area contributed by atoms with Gasteiger partial charge in [0.15, 0.2) is 0 Å². The number of esters is 2. The van der Waals surface area contributed by atoms with E-state index in [2.05, 4.69) is 4.74 Å². The Morgan fingerprint density at radius 2 is 1.64 bits per heavy atom. The van der Waals surface area contributed by atoms with Crippen LogP contribution in [-0.2, 0) is 22.6 Å². The maximum atomic E-state index is 12.6. The van der Waals surface area contributed by atoms with Gasteiger partial charge in [-0.05, 0) is 43.3 Å². The normalized spacial score (nSPS) is 10.6. The molecule has 0 saturated heterocycles. The van der Waals surface area contributed by atoms with E-state index in [4.69, 9.17) is 4.74 Å². The molecule has 0 spiro atoms. The summed E-state index contributed by atoms with van der Waals surface area (Å²) < 4.78 is 12.1. The molecule has 0 fully saturated rings. The van der Waals surface area contributed by atoms with Crippen LogP contribution in [0.25, 0.3) is 10.9 Å². The maximum absolute atomic E-state index is 12.6. The van der Waals surface area contributed by atoms with E-state index in [-0.39, 0.29) is 18.8 Å². The summed E-state index contributed by atoms with van der Waals surface area (Å²) in [6.45, 7) is 1.51. The number of methoxy groups -OCH3 is 1. The van der Waals surface area contributed by atoms with E-state index < -0.39 is 23.2 Å². The van der Waals surface area contributed by atoms with Crippen molar-refractivity contribution in [2.45, 2.75) is 20.0 Å². The van der Waals surface area contributed by atoms with Crippen molar-refractivity contribution in [2.24, 2.45) is 0 Å². The third-order valence-corrected chi connectivity index (χ3v) is 4.24. The minimum atomic E-state index is -0.681. The molecule has 144 valence electrons. The molecule has 0 N–H and O–H groups in total. The van der Waals surface area contributed by atoms with Crippen LogP contribution in [0.2, 0.25) is 0 Å². The lowest BCUT2D eigenvalue weighted by atomic mass is 10.2. The van der Waals surface area contributed by atoms with Crippen molar-refractivity contribution < 1.29 is 19.1 Å². The summed E-state index contributed by atoms with van der Waals surface area (Å²) in [5.74, 6) is -0.962. The van der Waals surface area contributed by atoms with Gasteiger partial charge in [-0.15, -0.1) is 0 Å². The Balaban J connectivity index is 1.90. The first kappa shape index (κ1) is 19.1. The van der Waals surface area contributed by atoms with Crippen molar-refractivity contribution >= 4 is 22.8 Å². The van der Waals surface area contributed by atoms with Gasteiger partial charge in [0.1, 0.15) is 12.3 Å². The molecular weight excluding hydrogens is 364 g/mol. The van der Waals surface area contributed by atoms with Crippen molar-refractivity contribution in [3.63, 3.8) is 0 Å². The fraction of sp³-hybridized carbons (Fsp3) is 0.200. The van der Waals surface area contributed by atoms with Crippen LogP contribution in [0.15, 0.2) is 58.1 Å². The van der Waals surface area contributed by atoms with Gasteiger partial charge in [0.25, 0.3) is 5.56 Å². The Hall–Kier alpha value is -3.68. The molecule has 0 aliphatic heterocycles. The van der Waals surface area contributed by atoms with Crippen LogP contribution in [0, 0.1) is 0 Å². The van der Waals surface area contributed by atoms with E-state index >= 15 is 0 Å². The van der Waals surface area contributed by atoms with E-state index in [9.17, 15) is 19.2 Å². The molecule has 1 heterocycles. The van der Waals surface area contributed by atoms with Crippen LogP contribution in [0.3, 0.4) is 0 Å². The highest BCUT2D eigenvalue weighted by atomic mass is 16.5. The average molecular weight is 382 g/mol. The molecule has 8 nitrogen and oxygen atoms in total. The van der Waals surface area contributed by atoms with Gasteiger partial charge in [0.2, 0.25) is 0 Å². The van der Waals surface area contributed by atoms with Gasteiger partial charge in [-0.25, -0.2) is 14.4 Å². The molecule has 3 rings (SSSR count). The molecule has 0 amide bonds. The number of hydrogen-bond acceptors (Lipinski definition) is 6. The monoisotopic (exact) mass is 382 g/mol. The van der Waals surface area contributed by atoms with Crippen LogP contribution >= 0.6 is 0 Å². The first-order chi connectivity index (χ1) is 13.5. The highest BCUT2D eigenvalue weighted by Crippen LogP contribution is 2.14. The van der Waals surface area contributed by atoms with Gasteiger partial charge in [0, 0.05) is 6.54 Å². The second-order valence-electron chi connectivity index (χ2n) is 5.93. The van der Waals surface area contributed by atoms with Crippen molar-refractivity contribution in [3.8, 4) is 5.75 Å². The zero-order valence-corrected chi connectivity index (χ0v) is 15.4. The third-order valence-electron chi connectivity index (χ3n) is 4.24. The lowest BCUT2D eigenvalue weighted by Gasteiger charge is -2.12. The Morgan fingerprint density at radius 3 is 2.29 bits per heavy atom. The maximum Gasteiger partial charge on any atom is 0.337 e. The van der Waals surface area contributed by atoms with E-state index in [1.807, 2.05) is 0 Å². The second kappa shape index (κ2) is 7.91. The number of hydrogen-bond donors (Lipinski definition) is 0. The van der Waals surface area contributed by atoms with E-state index in [0.717, 1.165) is 4.57 Å². The van der Waals surface area contributed by atoms with E-state index in [1.165, 1.54) is 35.9 Å². The van der Waals surface area contributed by atoms with Gasteiger partial charge < -0.3 is 9.47 Å². The fourth-order valence-corrected chi connectivity index (χ4v) is 2.87. The first-order valence-electron chi connectivity index (χ1n) is 8.57. The van der Waals surface area contributed by atoms with Gasteiger partial charge in [-0.3, -0.25) is 13.9 Å². The number of carbonyl (C=O) groups is 2. The Morgan fingerprint density at radius 1 is 0.964 bits per heavy atom. The highest BCUT2D eigenvalue weighted by molar-refractivity contribution is 5.89. The van der Waals surface area contributed by atoms with Crippen molar-refractivity contribution in [1.29, 1.82) is 0 Å². The van der Waals surface area contributed by atoms with Crippen LogP contribution in [0.1, 0.15) is 17.3 Å². The summed E-state index contributed by atoms with van der Waals surface area (Å²) >= 11 is 0. The summed E-state index contributed by atoms with van der Waals surface area (Å²) in [5.41, 5.74) is -0.296. The zero-order chi connectivity index (χ0) is 20.3. The molecule has 0 bridgehead atoms. The van der Waals surface area contributed by atoms with Gasteiger partial charge >= 0.3 is 17.6 Å². The molecule has 0 aliphatic rings. The van der Waals surface area contributed by atoms with E-state index in [0.29, 0.717) is 16.5 Å². The number of fused-ring (bicyclic) bond motifs is 1. The Labute approximate surface area is 159 Å². The molecule has 0 saturated carbocycles. The molecule has 1 aromatic heterocycles. The summed E-state index contributed by atoms with van der Waals surface area (Å²) in [4.78, 5) is 48.9. The van der Waals surface area contributed by atoms with Gasteiger partial charge in [0.05, 0.1) is 23.6 Å². The van der Waals surface area contributed by atoms with Gasteiger partial charge in [-0.2, -0.15) is 0 Å². The summed E-state index contributed by atoms with van der Waals surface area (Å²) in [5, 5.41) is 0.346. The molecular formula is C20H18N2O6. The minimum Gasteiger partial charge on any atom is -0.465 e. The largest absolute Gasteiger partial charge is 0.465 e. The number of aromatic nitrogens is 2. The Bertz CT molecular complexity index is 1160. The number of carbonyl (C=O) groups excluding carboxylic acids is 2. The van der Waals surface area contributed by atoms with Crippen molar-refractivity contribution in [2.75, 3.05) is 7.11 Å². The van der Waals surface area contributed by atoms with Crippen molar-refractivity contribution in [3.05, 3.63) is 74.9 Å². The van der Waals surface area contributed by atoms with E-state index in [1.54, 1.807) is 31.2 Å². The number of ether oxygens (including phenoxy) is 2. The number of para-hydroxylation sites is 1. The topological polar surface area (TPSA) is 96.6 Å². The van der Waals surface area contributed by atoms with Crippen LogP contribution in [0.5, 0.6) is 5.75 Å². The molecule has 0 aliphatic carbocycles. The summed E-state index contributed by atoms with van der Waals surface area (Å²) in [6.07, 6.45) is 0. The standard InChI is InChI=1S/C20H18N2O6/c1-3-21-18(24)15-6-4-5-7-16(15)22(20(21)26)12-17(23)28-14-10-8-13(9-11-14)19(25)27-2/h4-11H,3,12H2,1-2H3. The molecule has 0 atom stereocenters. The van der Waals surface area contributed by atoms with Crippen LogP contribution < -0.4 is 16.0 Å². The predicted molar refractivity (Wildman–Crippen MR) is 102 cm³/mol. The highest BCUT2D eigenvalue weighted by Gasteiger charge is 2.15. The average Bonchev–Trinajstić information content (AvgIpc) is 2.71. The summed E-state index contributed by atoms with van der Waals surface area (Å²) in [7, 11) is 1.27. The number of nitrogens with zero attached hydrogens (tertiary/aromatic N) is 2. The SMILES string of the molecule is CCn1c(=O)c2ccccc2n(CC(=O)Oc2ccc(C(=O)OC)cc2)c1=O. The zero-order valence-electron chi connectivity index (χ0n) is 15.4. The summed E-state index contributed by atoms with van der Waals surface area (Å²) in [6, 6.07) is 12.4. The molecule has 3 aromatic rings. The molecule has 0 unspecified atom stereocenters. The number of benzene rings is 2. The number of rotatable bonds is 5. The first-order valence-corrected chi connectivity index (χ1v) is 8.57. The molecule has 2 aromatic carbocycles. The second-order valence-corrected chi connectivity index (χ2v) is 5.93. The van der Waals surface area contributed by atoms with Crippen molar-refractivity contribution in [1.82, 2.24) is 9.13 Å². The predicted octanol–water partition coefficient (Wildman–Crippen LogP) is 1.58. The fourth-order valence-electron chi connectivity index (χ4n) is 2.87.